The summed E-state index contributed by atoms with van der Waals surface area (Å²) in [6, 6.07) is 7.96. The maximum atomic E-state index is 6.02. The van der Waals surface area contributed by atoms with Crippen LogP contribution >= 0.6 is 0 Å². The highest BCUT2D eigenvalue weighted by molar-refractivity contribution is 5.61. The summed E-state index contributed by atoms with van der Waals surface area (Å²) in [5.41, 5.74) is 1.95. The summed E-state index contributed by atoms with van der Waals surface area (Å²) >= 11 is 0. The lowest BCUT2D eigenvalue weighted by molar-refractivity contribution is -0.226. The van der Waals surface area contributed by atoms with Crippen molar-refractivity contribution in [3.05, 3.63) is 36.4 Å². The van der Waals surface area contributed by atoms with E-state index in [2.05, 4.69) is 13.5 Å². The van der Waals surface area contributed by atoms with Crippen LogP contribution < -0.4 is 4.74 Å². The Hall–Kier alpha value is -1.28. The van der Waals surface area contributed by atoms with Gasteiger partial charge in [0, 0.05) is 13.3 Å². The second-order valence-corrected chi connectivity index (χ2v) is 6.11. The predicted molar refractivity (Wildman–Crippen MR) is 81.3 cm³/mol. The molecule has 0 aliphatic rings. The normalized spacial score (nSPS) is 14.8. The van der Waals surface area contributed by atoms with Gasteiger partial charge in [-0.2, -0.15) is 0 Å². The third-order valence-corrected chi connectivity index (χ3v) is 2.85. The number of benzene rings is 1. The van der Waals surface area contributed by atoms with Crippen LogP contribution in [0.25, 0.3) is 5.57 Å². The van der Waals surface area contributed by atoms with Gasteiger partial charge in [-0.3, -0.25) is 0 Å². The second-order valence-electron chi connectivity index (χ2n) is 6.11. The van der Waals surface area contributed by atoms with Crippen molar-refractivity contribution in [2.75, 3.05) is 0 Å². The number of hydrogen-bond acceptors (Lipinski definition) is 2. The third-order valence-electron chi connectivity index (χ3n) is 2.85. The molecule has 0 spiro atoms. The summed E-state index contributed by atoms with van der Waals surface area (Å²) < 4.78 is 12.0. The number of hydrogen-bond donors (Lipinski definition) is 0. The van der Waals surface area contributed by atoms with Gasteiger partial charge in [0.2, 0.25) is 5.79 Å². The molecule has 1 unspecified atom stereocenters. The maximum absolute atomic E-state index is 6.02. The van der Waals surface area contributed by atoms with Crippen LogP contribution in [0, 0.1) is 0 Å². The van der Waals surface area contributed by atoms with Gasteiger partial charge < -0.3 is 9.47 Å². The van der Waals surface area contributed by atoms with Crippen LogP contribution in [-0.2, 0) is 4.74 Å². The maximum Gasteiger partial charge on any atom is 0.207 e. The van der Waals surface area contributed by atoms with Gasteiger partial charge in [0.15, 0.2) is 0 Å². The first-order valence-electron chi connectivity index (χ1n) is 6.80. The van der Waals surface area contributed by atoms with Crippen molar-refractivity contribution < 1.29 is 9.47 Å². The third kappa shape index (κ3) is 5.07. The van der Waals surface area contributed by atoms with Gasteiger partial charge in [0.25, 0.3) is 0 Å². The van der Waals surface area contributed by atoms with Gasteiger partial charge >= 0.3 is 0 Å². The first-order valence-corrected chi connectivity index (χ1v) is 6.80. The van der Waals surface area contributed by atoms with E-state index in [-0.39, 0.29) is 5.60 Å². The minimum atomic E-state index is -0.608. The molecule has 0 saturated carbocycles. The molecule has 19 heavy (non-hydrogen) atoms. The highest BCUT2D eigenvalue weighted by Crippen LogP contribution is 2.28. The number of rotatable bonds is 5. The van der Waals surface area contributed by atoms with Gasteiger partial charge in [-0.15, -0.1) is 0 Å². The lowest BCUT2D eigenvalue weighted by Gasteiger charge is -2.36. The Morgan fingerprint density at radius 2 is 1.63 bits per heavy atom. The van der Waals surface area contributed by atoms with E-state index in [1.807, 2.05) is 58.9 Å². The average Bonchev–Trinajstić information content (AvgIpc) is 2.27. The molecule has 0 amide bonds. The van der Waals surface area contributed by atoms with Gasteiger partial charge in [-0.1, -0.05) is 31.2 Å². The fraction of sp³-hybridized carbons (Fsp3) is 0.529. The lowest BCUT2D eigenvalue weighted by Crippen LogP contribution is -2.41. The monoisotopic (exact) mass is 262 g/mol. The van der Waals surface area contributed by atoms with Crippen molar-refractivity contribution in [3.63, 3.8) is 0 Å². The molecule has 0 aliphatic heterocycles. The summed E-state index contributed by atoms with van der Waals surface area (Å²) in [7, 11) is 0. The molecule has 2 heteroatoms. The highest BCUT2D eigenvalue weighted by Gasteiger charge is 2.30. The molecule has 0 aliphatic carbocycles. The van der Waals surface area contributed by atoms with Crippen molar-refractivity contribution in [2.24, 2.45) is 0 Å². The Balaban J connectivity index is 2.83. The summed E-state index contributed by atoms with van der Waals surface area (Å²) in [5.74, 6) is 0.210. The van der Waals surface area contributed by atoms with E-state index < -0.39 is 5.79 Å². The number of allylic oxidation sites excluding steroid dienone is 1. The first-order chi connectivity index (χ1) is 8.65. The fourth-order valence-electron chi connectivity index (χ4n) is 1.87. The topological polar surface area (TPSA) is 18.5 Å². The van der Waals surface area contributed by atoms with Crippen molar-refractivity contribution >= 4 is 5.57 Å². The summed E-state index contributed by atoms with van der Waals surface area (Å²) in [4.78, 5) is 0. The molecule has 0 aromatic heterocycles. The Morgan fingerprint density at radius 3 is 2.00 bits per heavy atom. The average molecular weight is 262 g/mol. The second kappa shape index (κ2) is 5.79. The van der Waals surface area contributed by atoms with Crippen LogP contribution in [0.5, 0.6) is 5.75 Å². The molecule has 0 fully saturated rings. The molecule has 1 aromatic carbocycles. The minimum absolute atomic E-state index is 0.234. The van der Waals surface area contributed by atoms with E-state index in [4.69, 9.17) is 9.47 Å². The summed E-state index contributed by atoms with van der Waals surface area (Å²) in [5, 5.41) is 0. The Bertz CT molecular complexity index is 426. The molecular formula is C17H26O2. The van der Waals surface area contributed by atoms with Crippen LogP contribution in [0.4, 0.5) is 0 Å². The lowest BCUT2D eigenvalue weighted by atomic mass is 10.1. The van der Waals surface area contributed by atoms with Crippen molar-refractivity contribution in [2.45, 2.75) is 59.4 Å². The zero-order valence-electron chi connectivity index (χ0n) is 13.0. The fourth-order valence-corrected chi connectivity index (χ4v) is 1.87. The Kier molecular flexibility index (Phi) is 4.81. The van der Waals surface area contributed by atoms with Gasteiger partial charge in [-0.25, -0.2) is 0 Å². The molecule has 0 saturated heterocycles. The largest absolute Gasteiger partial charge is 0.463 e. The zero-order valence-corrected chi connectivity index (χ0v) is 13.0. The predicted octanol–water partition coefficient (Wildman–Crippen LogP) is 5.04. The highest BCUT2D eigenvalue weighted by atomic mass is 16.7. The summed E-state index contributed by atoms with van der Waals surface area (Å²) in [6.07, 6.45) is 0.784. The zero-order chi connectivity index (χ0) is 14.7. The van der Waals surface area contributed by atoms with Gasteiger partial charge in [0.05, 0.1) is 5.60 Å². The standard InChI is InChI=1S/C17H26O2/c1-8-17(7,19-16(4,5)6)18-15-11-9-14(10-12-15)13(2)3/h9-12H,2,8H2,1,3-7H3. The molecule has 1 rings (SSSR count). The van der Waals surface area contributed by atoms with Crippen LogP contribution in [0.3, 0.4) is 0 Å². The smallest absolute Gasteiger partial charge is 0.207 e. The van der Waals surface area contributed by atoms with Crippen LogP contribution in [0.1, 0.15) is 53.5 Å². The van der Waals surface area contributed by atoms with Crippen LogP contribution in [0.15, 0.2) is 30.8 Å². The quantitative estimate of drug-likeness (QED) is 0.692. The molecular weight excluding hydrogens is 236 g/mol. The molecule has 0 N–H and O–H groups in total. The molecule has 1 atom stereocenters. The van der Waals surface area contributed by atoms with Gasteiger partial charge in [0.1, 0.15) is 5.75 Å². The summed E-state index contributed by atoms with van der Waals surface area (Å²) in [6.45, 7) is 16.1. The Morgan fingerprint density at radius 1 is 1.11 bits per heavy atom. The van der Waals surface area contributed by atoms with Crippen molar-refractivity contribution in [1.82, 2.24) is 0 Å². The van der Waals surface area contributed by atoms with E-state index in [1.165, 1.54) is 0 Å². The van der Waals surface area contributed by atoms with E-state index in [0.717, 1.165) is 23.3 Å². The Labute approximate surface area is 117 Å². The molecule has 2 nitrogen and oxygen atoms in total. The molecule has 1 aromatic rings. The van der Waals surface area contributed by atoms with Crippen LogP contribution in [-0.4, -0.2) is 11.4 Å². The SMILES string of the molecule is C=C(C)c1ccc(OC(C)(CC)OC(C)(C)C)cc1. The molecule has 0 heterocycles. The van der Waals surface area contributed by atoms with E-state index >= 15 is 0 Å². The van der Waals surface area contributed by atoms with E-state index in [1.54, 1.807) is 0 Å². The molecule has 0 bridgehead atoms. The molecule has 106 valence electrons. The van der Waals surface area contributed by atoms with Gasteiger partial charge in [-0.05, 0) is 45.4 Å². The first kappa shape index (κ1) is 15.8. The van der Waals surface area contributed by atoms with Crippen molar-refractivity contribution in [1.29, 1.82) is 0 Å². The van der Waals surface area contributed by atoms with Crippen molar-refractivity contribution in [3.8, 4) is 5.75 Å². The van der Waals surface area contributed by atoms with E-state index in [9.17, 15) is 0 Å². The van der Waals surface area contributed by atoms with E-state index in [0.29, 0.717) is 0 Å². The van der Waals surface area contributed by atoms with Crippen LogP contribution in [0.2, 0.25) is 0 Å². The minimum Gasteiger partial charge on any atom is -0.463 e. The number of ether oxygens (including phenoxy) is 2. The molecule has 0 radical (unpaired) electrons.